The number of rotatable bonds is 7. The first-order valence-corrected chi connectivity index (χ1v) is 8.31. The molecule has 1 heterocycles. The Morgan fingerprint density at radius 2 is 2.10 bits per heavy atom. The number of carbonyl (C=O) groups is 1. The van der Waals surface area contributed by atoms with E-state index in [0.717, 1.165) is 12.8 Å². The zero-order valence-electron chi connectivity index (χ0n) is 12.1. The van der Waals surface area contributed by atoms with Crippen LogP contribution in [0.1, 0.15) is 43.2 Å². The summed E-state index contributed by atoms with van der Waals surface area (Å²) in [6.45, 7) is 3.35. The fourth-order valence-electron chi connectivity index (χ4n) is 2.29. The summed E-state index contributed by atoms with van der Waals surface area (Å²) >= 11 is 0. The monoisotopic (exact) mass is 316 g/mol. The van der Waals surface area contributed by atoms with Crippen LogP contribution in [0.2, 0.25) is 0 Å². The van der Waals surface area contributed by atoms with Gasteiger partial charge in [0, 0.05) is 24.8 Å². The molecular formula is C13H20N2O5S. The van der Waals surface area contributed by atoms with Crippen LogP contribution in [-0.4, -0.2) is 52.7 Å². The summed E-state index contributed by atoms with van der Waals surface area (Å²) in [5.74, 6) is -1.16. The van der Waals surface area contributed by atoms with Crippen LogP contribution < -0.4 is 0 Å². The van der Waals surface area contributed by atoms with Gasteiger partial charge in [0.05, 0.1) is 6.61 Å². The highest BCUT2D eigenvalue weighted by Crippen LogP contribution is 2.32. The molecule has 1 fully saturated rings. The second kappa shape index (κ2) is 5.78. The Bertz CT molecular complexity index is 631. The number of aliphatic hydroxyl groups excluding tert-OH is 1. The molecule has 2 N–H and O–H groups in total. The van der Waals surface area contributed by atoms with E-state index in [0.29, 0.717) is 0 Å². The number of sulfonamides is 1. The number of carboxylic acid groups (broad SMARTS) is 1. The molecule has 0 unspecified atom stereocenters. The molecule has 8 heteroatoms. The minimum Gasteiger partial charge on any atom is -0.477 e. The van der Waals surface area contributed by atoms with Crippen molar-refractivity contribution in [1.82, 2.24) is 8.87 Å². The van der Waals surface area contributed by atoms with Crippen molar-refractivity contribution in [3.63, 3.8) is 0 Å². The quantitative estimate of drug-likeness (QED) is 0.779. The Kier molecular flexibility index (Phi) is 4.40. The van der Waals surface area contributed by atoms with Crippen molar-refractivity contribution in [2.75, 3.05) is 13.2 Å². The lowest BCUT2D eigenvalue weighted by molar-refractivity contribution is 0.0683. The van der Waals surface area contributed by atoms with Gasteiger partial charge in [-0.15, -0.1) is 0 Å². The van der Waals surface area contributed by atoms with Gasteiger partial charge in [-0.25, -0.2) is 13.2 Å². The number of nitrogens with zero attached hydrogens (tertiary/aromatic N) is 2. The lowest BCUT2D eigenvalue weighted by Gasteiger charge is -2.20. The van der Waals surface area contributed by atoms with Crippen molar-refractivity contribution in [2.45, 2.75) is 43.7 Å². The van der Waals surface area contributed by atoms with Crippen LogP contribution in [0.3, 0.4) is 0 Å². The van der Waals surface area contributed by atoms with Gasteiger partial charge in [-0.2, -0.15) is 4.31 Å². The lowest BCUT2D eigenvalue weighted by Crippen LogP contribution is -2.35. The van der Waals surface area contributed by atoms with Crippen LogP contribution >= 0.6 is 0 Å². The molecule has 0 radical (unpaired) electrons. The molecule has 0 aliphatic heterocycles. The fourth-order valence-corrected chi connectivity index (χ4v) is 3.99. The number of aromatic nitrogens is 1. The van der Waals surface area contributed by atoms with E-state index >= 15 is 0 Å². The molecule has 0 amide bonds. The molecule has 1 aliphatic carbocycles. The van der Waals surface area contributed by atoms with E-state index in [1.54, 1.807) is 13.8 Å². The van der Waals surface area contributed by atoms with E-state index in [-0.39, 0.29) is 35.8 Å². The minimum atomic E-state index is -3.78. The molecule has 1 aromatic heterocycles. The lowest BCUT2D eigenvalue weighted by atomic mass is 10.3. The first-order chi connectivity index (χ1) is 9.78. The van der Waals surface area contributed by atoms with Crippen LogP contribution in [-0.2, 0) is 10.0 Å². The summed E-state index contributed by atoms with van der Waals surface area (Å²) in [7, 11) is -3.78. The zero-order chi connectivity index (χ0) is 15.8. The molecule has 0 spiro atoms. The largest absolute Gasteiger partial charge is 0.477 e. The van der Waals surface area contributed by atoms with Gasteiger partial charge in [-0.05, 0) is 32.8 Å². The predicted octanol–water partition coefficient (Wildman–Crippen LogP) is 0.913. The standard InChI is InChI=1S/C13H20N2O5S/c1-9(2)14-8-11(7-12(14)13(17)18)21(19,20)15(5-6-16)10-3-4-10/h7-10,16H,3-6H2,1-2H3,(H,17,18). The molecule has 7 nitrogen and oxygen atoms in total. The highest BCUT2D eigenvalue weighted by atomic mass is 32.2. The Morgan fingerprint density at radius 3 is 2.48 bits per heavy atom. The van der Waals surface area contributed by atoms with Crippen molar-refractivity contribution in [3.8, 4) is 0 Å². The summed E-state index contributed by atoms with van der Waals surface area (Å²) in [5.41, 5.74) is -0.0525. The van der Waals surface area contributed by atoms with Crippen LogP contribution in [0.15, 0.2) is 17.2 Å². The topological polar surface area (TPSA) is 99.8 Å². The summed E-state index contributed by atoms with van der Waals surface area (Å²) in [4.78, 5) is 11.2. The fraction of sp³-hybridized carbons (Fsp3) is 0.615. The van der Waals surface area contributed by atoms with E-state index in [2.05, 4.69) is 0 Å². The van der Waals surface area contributed by atoms with Gasteiger partial charge in [0.2, 0.25) is 10.0 Å². The maximum absolute atomic E-state index is 12.6. The highest BCUT2D eigenvalue weighted by Gasteiger charge is 2.38. The average Bonchev–Trinajstić information content (AvgIpc) is 3.10. The van der Waals surface area contributed by atoms with Gasteiger partial charge >= 0.3 is 5.97 Å². The molecule has 0 bridgehead atoms. The molecule has 0 saturated heterocycles. The van der Waals surface area contributed by atoms with Crippen LogP contribution in [0.25, 0.3) is 0 Å². The first kappa shape index (κ1) is 16.0. The predicted molar refractivity (Wildman–Crippen MR) is 75.8 cm³/mol. The molecule has 1 saturated carbocycles. The first-order valence-electron chi connectivity index (χ1n) is 6.87. The van der Waals surface area contributed by atoms with Crippen LogP contribution in [0.5, 0.6) is 0 Å². The van der Waals surface area contributed by atoms with Gasteiger partial charge in [-0.3, -0.25) is 0 Å². The molecule has 118 valence electrons. The second-order valence-corrected chi connectivity index (χ2v) is 7.33. The van der Waals surface area contributed by atoms with E-state index in [4.69, 9.17) is 5.11 Å². The number of hydrogen-bond acceptors (Lipinski definition) is 4. The van der Waals surface area contributed by atoms with Crippen molar-refractivity contribution in [2.24, 2.45) is 0 Å². The normalized spacial score (nSPS) is 15.9. The number of aliphatic hydroxyl groups is 1. The van der Waals surface area contributed by atoms with E-state index in [9.17, 15) is 18.3 Å². The van der Waals surface area contributed by atoms with Gasteiger partial charge in [0.25, 0.3) is 0 Å². The maximum Gasteiger partial charge on any atom is 0.352 e. The molecule has 0 aromatic carbocycles. The molecule has 21 heavy (non-hydrogen) atoms. The van der Waals surface area contributed by atoms with Crippen LogP contribution in [0.4, 0.5) is 0 Å². The summed E-state index contributed by atoms with van der Waals surface area (Å²) < 4.78 is 27.9. The van der Waals surface area contributed by atoms with E-state index in [1.807, 2.05) is 0 Å². The SMILES string of the molecule is CC(C)n1cc(S(=O)(=O)N(CCO)C2CC2)cc1C(=O)O. The molecule has 1 aromatic rings. The summed E-state index contributed by atoms with van der Waals surface area (Å²) in [6, 6.07) is 0.940. The highest BCUT2D eigenvalue weighted by molar-refractivity contribution is 7.89. The summed E-state index contributed by atoms with van der Waals surface area (Å²) in [5, 5.41) is 18.2. The van der Waals surface area contributed by atoms with Crippen molar-refractivity contribution in [3.05, 3.63) is 18.0 Å². The van der Waals surface area contributed by atoms with Gasteiger partial charge in [0.1, 0.15) is 10.6 Å². The Morgan fingerprint density at radius 1 is 1.48 bits per heavy atom. The molecule has 0 atom stereocenters. The van der Waals surface area contributed by atoms with Gasteiger partial charge in [-0.1, -0.05) is 0 Å². The van der Waals surface area contributed by atoms with Crippen molar-refractivity contribution >= 4 is 16.0 Å². The Labute approximate surface area is 123 Å². The second-order valence-electron chi connectivity index (χ2n) is 5.44. The molecule has 2 rings (SSSR count). The smallest absolute Gasteiger partial charge is 0.352 e. The maximum atomic E-state index is 12.6. The van der Waals surface area contributed by atoms with E-state index < -0.39 is 16.0 Å². The van der Waals surface area contributed by atoms with Crippen molar-refractivity contribution < 1.29 is 23.4 Å². The Balaban J connectivity index is 2.44. The number of hydrogen-bond donors (Lipinski definition) is 2. The zero-order valence-corrected chi connectivity index (χ0v) is 12.9. The van der Waals surface area contributed by atoms with Crippen molar-refractivity contribution in [1.29, 1.82) is 0 Å². The van der Waals surface area contributed by atoms with E-state index in [1.165, 1.54) is 21.1 Å². The molecule has 1 aliphatic rings. The third-order valence-electron chi connectivity index (χ3n) is 3.48. The third kappa shape index (κ3) is 3.12. The minimum absolute atomic E-state index is 0.0300. The molecular weight excluding hydrogens is 296 g/mol. The van der Waals surface area contributed by atoms with Gasteiger partial charge < -0.3 is 14.8 Å². The number of aromatic carboxylic acids is 1. The summed E-state index contributed by atoms with van der Waals surface area (Å²) in [6.07, 6.45) is 2.90. The Hall–Kier alpha value is -1.38. The number of carboxylic acids is 1. The third-order valence-corrected chi connectivity index (χ3v) is 5.40. The van der Waals surface area contributed by atoms with Crippen LogP contribution in [0, 0.1) is 0 Å². The average molecular weight is 316 g/mol. The van der Waals surface area contributed by atoms with Gasteiger partial charge in [0.15, 0.2) is 0 Å².